The quantitative estimate of drug-likeness (QED) is 0.623. The van der Waals surface area contributed by atoms with E-state index < -0.39 is 35.7 Å². The molecule has 0 aromatic heterocycles. The summed E-state index contributed by atoms with van der Waals surface area (Å²) < 4.78 is 12.9. The van der Waals surface area contributed by atoms with Gasteiger partial charge in [-0.2, -0.15) is 0 Å². The normalized spacial score (nSPS) is 12.8. The Bertz CT molecular complexity index is 586. The van der Waals surface area contributed by atoms with Gasteiger partial charge in [0.2, 0.25) is 11.8 Å². The number of amides is 2. The maximum atomic E-state index is 12.9. The Morgan fingerprint density at radius 3 is 2.30 bits per heavy atom. The molecular formula is C16H19FN2O4. The fourth-order valence-electron chi connectivity index (χ4n) is 1.97. The fraction of sp³-hybridized carbons (Fsp3) is 0.312. The molecule has 0 aliphatic rings. The van der Waals surface area contributed by atoms with Crippen LogP contribution in [0.2, 0.25) is 0 Å². The number of carboxylic acids is 1. The summed E-state index contributed by atoms with van der Waals surface area (Å²) in [5, 5.41) is 13.9. The molecule has 23 heavy (non-hydrogen) atoms. The third-order valence-electron chi connectivity index (χ3n) is 3.06. The van der Waals surface area contributed by atoms with E-state index >= 15 is 0 Å². The van der Waals surface area contributed by atoms with Gasteiger partial charge >= 0.3 is 5.97 Å². The van der Waals surface area contributed by atoms with Gasteiger partial charge in [0.05, 0.1) is 0 Å². The molecule has 3 N–H and O–H groups in total. The standard InChI is InChI=1S/C16H19FN2O4/c1-3-4-13(16(22)23)19-15(21)14(18-10(2)20)9-11-5-7-12(17)8-6-11/h3,5-8,13-14H,1,4,9H2,2H3,(H,18,20)(H,19,21)(H,22,23)/t13-,14+/m0/s1. The lowest BCUT2D eigenvalue weighted by Crippen LogP contribution is -2.52. The molecule has 0 saturated heterocycles. The van der Waals surface area contributed by atoms with E-state index in [1.54, 1.807) is 0 Å². The molecule has 0 bridgehead atoms. The molecule has 0 aliphatic carbocycles. The van der Waals surface area contributed by atoms with Gasteiger partial charge in [-0.3, -0.25) is 9.59 Å². The Kier molecular flexibility index (Phi) is 6.92. The fourth-order valence-corrected chi connectivity index (χ4v) is 1.97. The number of carbonyl (C=O) groups is 3. The van der Waals surface area contributed by atoms with Crippen LogP contribution in [-0.4, -0.2) is 35.0 Å². The summed E-state index contributed by atoms with van der Waals surface area (Å²) in [6, 6.07) is 3.41. The SMILES string of the molecule is C=CC[C@H](NC(=O)[C@@H](Cc1ccc(F)cc1)NC(C)=O)C(=O)O. The predicted molar refractivity (Wildman–Crippen MR) is 82.1 cm³/mol. The first-order valence-electron chi connectivity index (χ1n) is 6.99. The zero-order valence-corrected chi connectivity index (χ0v) is 12.7. The van der Waals surface area contributed by atoms with Gasteiger partial charge in [0, 0.05) is 13.3 Å². The number of carboxylic acid groups (broad SMARTS) is 1. The number of aliphatic carboxylic acids is 1. The van der Waals surface area contributed by atoms with Gasteiger partial charge in [-0.25, -0.2) is 9.18 Å². The van der Waals surface area contributed by atoms with E-state index in [2.05, 4.69) is 17.2 Å². The maximum Gasteiger partial charge on any atom is 0.326 e. The van der Waals surface area contributed by atoms with Crippen molar-refractivity contribution < 1.29 is 23.9 Å². The maximum absolute atomic E-state index is 12.9. The average molecular weight is 322 g/mol. The van der Waals surface area contributed by atoms with Crippen LogP contribution in [-0.2, 0) is 20.8 Å². The molecule has 0 saturated carbocycles. The summed E-state index contributed by atoms with van der Waals surface area (Å²) in [5.74, 6) is -2.66. The number of hydrogen-bond acceptors (Lipinski definition) is 3. The molecule has 0 heterocycles. The van der Waals surface area contributed by atoms with Gasteiger partial charge in [0.15, 0.2) is 0 Å². The number of hydrogen-bond donors (Lipinski definition) is 3. The first-order valence-corrected chi connectivity index (χ1v) is 6.99. The van der Waals surface area contributed by atoms with Crippen molar-refractivity contribution in [1.29, 1.82) is 0 Å². The monoisotopic (exact) mass is 322 g/mol. The highest BCUT2D eigenvalue weighted by atomic mass is 19.1. The average Bonchev–Trinajstić information content (AvgIpc) is 2.47. The second-order valence-corrected chi connectivity index (χ2v) is 5.01. The molecule has 0 radical (unpaired) electrons. The van der Waals surface area contributed by atoms with Gasteiger partial charge in [-0.1, -0.05) is 18.2 Å². The van der Waals surface area contributed by atoms with Crippen LogP contribution in [0, 0.1) is 5.82 Å². The zero-order valence-electron chi connectivity index (χ0n) is 12.7. The molecule has 0 spiro atoms. The summed E-state index contributed by atoms with van der Waals surface area (Å²) in [5.41, 5.74) is 0.635. The molecule has 0 aliphatic heterocycles. The Morgan fingerprint density at radius 2 is 1.83 bits per heavy atom. The Balaban J connectivity index is 2.84. The molecule has 1 aromatic rings. The van der Waals surface area contributed by atoms with Crippen LogP contribution in [0.25, 0.3) is 0 Å². The summed E-state index contributed by atoms with van der Waals surface area (Å²) >= 11 is 0. The summed E-state index contributed by atoms with van der Waals surface area (Å²) in [4.78, 5) is 34.6. The smallest absolute Gasteiger partial charge is 0.326 e. The molecule has 124 valence electrons. The molecule has 2 amide bonds. The van der Waals surface area contributed by atoms with E-state index in [1.165, 1.54) is 37.3 Å². The van der Waals surface area contributed by atoms with Crippen molar-refractivity contribution >= 4 is 17.8 Å². The second kappa shape index (κ2) is 8.67. The molecule has 7 heteroatoms. The largest absolute Gasteiger partial charge is 0.480 e. The van der Waals surface area contributed by atoms with Crippen molar-refractivity contribution in [2.45, 2.75) is 31.8 Å². The Morgan fingerprint density at radius 1 is 1.22 bits per heavy atom. The summed E-state index contributed by atoms with van der Waals surface area (Å²) in [7, 11) is 0. The Labute approximate surface area is 133 Å². The van der Waals surface area contributed by atoms with Gasteiger partial charge in [0.1, 0.15) is 17.9 Å². The number of carbonyl (C=O) groups excluding carboxylic acids is 2. The first kappa shape index (κ1) is 18.3. The van der Waals surface area contributed by atoms with Crippen LogP contribution in [0.3, 0.4) is 0 Å². The number of nitrogens with one attached hydrogen (secondary N) is 2. The van der Waals surface area contributed by atoms with Crippen molar-refractivity contribution in [2.75, 3.05) is 0 Å². The van der Waals surface area contributed by atoms with Crippen LogP contribution in [0.4, 0.5) is 4.39 Å². The van der Waals surface area contributed by atoms with Crippen LogP contribution in [0.1, 0.15) is 18.9 Å². The molecule has 6 nitrogen and oxygen atoms in total. The van der Waals surface area contributed by atoms with Gasteiger partial charge in [-0.15, -0.1) is 6.58 Å². The van der Waals surface area contributed by atoms with Crippen molar-refractivity contribution in [3.8, 4) is 0 Å². The van der Waals surface area contributed by atoms with Crippen molar-refractivity contribution in [3.05, 3.63) is 48.3 Å². The van der Waals surface area contributed by atoms with Gasteiger partial charge in [-0.05, 0) is 24.1 Å². The number of halogens is 1. The Hall–Kier alpha value is -2.70. The van der Waals surface area contributed by atoms with E-state index in [0.29, 0.717) is 5.56 Å². The van der Waals surface area contributed by atoms with E-state index in [0.717, 1.165) is 0 Å². The molecule has 2 atom stereocenters. The first-order chi connectivity index (χ1) is 10.8. The van der Waals surface area contributed by atoms with Crippen LogP contribution in [0.5, 0.6) is 0 Å². The predicted octanol–water partition coefficient (Wildman–Crippen LogP) is 1.02. The highest BCUT2D eigenvalue weighted by Crippen LogP contribution is 2.07. The minimum absolute atomic E-state index is 0.0599. The molecule has 0 fully saturated rings. The van der Waals surface area contributed by atoms with Gasteiger partial charge in [0.25, 0.3) is 0 Å². The number of rotatable bonds is 8. The molecule has 1 aromatic carbocycles. The molecule has 0 unspecified atom stereocenters. The van der Waals surface area contributed by atoms with E-state index in [9.17, 15) is 18.8 Å². The summed E-state index contributed by atoms with van der Waals surface area (Å²) in [6.45, 7) is 4.69. The minimum atomic E-state index is -1.19. The third-order valence-corrected chi connectivity index (χ3v) is 3.06. The zero-order chi connectivity index (χ0) is 17.4. The van der Waals surface area contributed by atoms with Crippen LogP contribution >= 0.6 is 0 Å². The highest BCUT2D eigenvalue weighted by molar-refractivity contribution is 5.90. The third kappa shape index (κ3) is 6.29. The highest BCUT2D eigenvalue weighted by Gasteiger charge is 2.25. The van der Waals surface area contributed by atoms with Crippen molar-refractivity contribution in [2.24, 2.45) is 0 Å². The molecular weight excluding hydrogens is 303 g/mol. The number of benzene rings is 1. The lowest BCUT2D eigenvalue weighted by Gasteiger charge is -2.20. The van der Waals surface area contributed by atoms with Crippen LogP contribution in [0.15, 0.2) is 36.9 Å². The lowest BCUT2D eigenvalue weighted by atomic mass is 10.0. The topological polar surface area (TPSA) is 95.5 Å². The summed E-state index contributed by atoms with van der Waals surface area (Å²) in [6.07, 6.45) is 1.56. The van der Waals surface area contributed by atoms with Crippen molar-refractivity contribution in [3.63, 3.8) is 0 Å². The second-order valence-electron chi connectivity index (χ2n) is 5.01. The van der Waals surface area contributed by atoms with Gasteiger partial charge < -0.3 is 15.7 Å². The molecule has 1 rings (SSSR count). The van der Waals surface area contributed by atoms with E-state index in [-0.39, 0.29) is 12.8 Å². The van der Waals surface area contributed by atoms with E-state index in [1.807, 2.05) is 0 Å². The van der Waals surface area contributed by atoms with Crippen molar-refractivity contribution in [1.82, 2.24) is 10.6 Å². The lowest BCUT2D eigenvalue weighted by molar-refractivity contribution is -0.142. The minimum Gasteiger partial charge on any atom is -0.480 e. The van der Waals surface area contributed by atoms with Crippen LogP contribution < -0.4 is 10.6 Å². The van der Waals surface area contributed by atoms with E-state index in [4.69, 9.17) is 5.11 Å².